The summed E-state index contributed by atoms with van der Waals surface area (Å²) in [6, 6.07) is 0. The van der Waals surface area contributed by atoms with Crippen molar-refractivity contribution in [2.24, 2.45) is 23.7 Å². The molecule has 0 N–H and O–H groups in total. The first kappa shape index (κ1) is 7.97. The van der Waals surface area contributed by atoms with Gasteiger partial charge < -0.3 is 0 Å². The van der Waals surface area contributed by atoms with Crippen LogP contribution in [0.5, 0.6) is 0 Å². The number of carbonyl (C=O) groups is 2. The zero-order chi connectivity index (χ0) is 10.0. The van der Waals surface area contributed by atoms with E-state index in [0.717, 1.165) is 5.57 Å². The van der Waals surface area contributed by atoms with E-state index in [9.17, 15) is 9.59 Å². The van der Waals surface area contributed by atoms with Crippen molar-refractivity contribution in [3.63, 3.8) is 0 Å². The molecule has 1 heterocycles. The molecule has 3 heteroatoms. The van der Waals surface area contributed by atoms with Crippen molar-refractivity contribution in [2.45, 2.75) is 0 Å². The Morgan fingerprint density at radius 2 is 1.57 bits per heavy atom. The van der Waals surface area contributed by atoms with Crippen LogP contribution in [0.3, 0.4) is 0 Å². The molecular formula is C11H11NO2. The quantitative estimate of drug-likeness (QED) is 0.413. The number of rotatable bonds is 0. The minimum atomic E-state index is -0.144. The molecule has 2 fully saturated rings. The third-order valence-corrected chi connectivity index (χ3v) is 3.77. The molecule has 14 heavy (non-hydrogen) atoms. The molecule has 72 valence electrons. The van der Waals surface area contributed by atoms with E-state index in [1.807, 2.05) is 12.2 Å². The lowest BCUT2D eigenvalue weighted by molar-refractivity contribution is -0.138. The number of carbonyl (C=O) groups excluding carboxylic acids is 2. The lowest BCUT2D eigenvalue weighted by Crippen LogP contribution is -2.28. The minimum Gasteiger partial charge on any atom is -0.285 e. The highest BCUT2D eigenvalue weighted by Crippen LogP contribution is 2.54. The van der Waals surface area contributed by atoms with E-state index < -0.39 is 0 Å². The van der Waals surface area contributed by atoms with E-state index in [1.165, 1.54) is 4.90 Å². The fourth-order valence-corrected chi connectivity index (χ4v) is 3.03. The van der Waals surface area contributed by atoms with Gasteiger partial charge in [-0.05, 0) is 0 Å². The van der Waals surface area contributed by atoms with Crippen LogP contribution in [0.25, 0.3) is 0 Å². The van der Waals surface area contributed by atoms with Crippen LogP contribution in [0.1, 0.15) is 0 Å². The van der Waals surface area contributed by atoms with Gasteiger partial charge in [0.25, 0.3) is 0 Å². The summed E-state index contributed by atoms with van der Waals surface area (Å²) in [5, 5.41) is 0. The van der Waals surface area contributed by atoms with Crippen molar-refractivity contribution < 1.29 is 9.59 Å². The Morgan fingerprint density at radius 3 is 2.00 bits per heavy atom. The zero-order valence-electron chi connectivity index (χ0n) is 7.93. The molecule has 0 radical (unpaired) electrons. The fraction of sp³-hybridized carbons (Fsp3) is 0.455. The number of amides is 2. The average molecular weight is 189 g/mol. The summed E-state index contributed by atoms with van der Waals surface area (Å²) in [4.78, 5) is 24.8. The van der Waals surface area contributed by atoms with Gasteiger partial charge in [-0.25, -0.2) is 0 Å². The Hall–Kier alpha value is -1.38. The van der Waals surface area contributed by atoms with Crippen molar-refractivity contribution in [3.05, 3.63) is 24.3 Å². The SMILES string of the molecule is C=C1C2C=CC1C1C(=O)N(C)C(=O)C21. The predicted molar refractivity (Wildman–Crippen MR) is 50.0 cm³/mol. The first-order valence-corrected chi connectivity index (χ1v) is 4.81. The second-order valence-corrected chi connectivity index (χ2v) is 4.30. The summed E-state index contributed by atoms with van der Waals surface area (Å²) >= 11 is 0. The Morgan fingerprint density at radius 1 is 1.14 bits per heavy atom. The van der Waals surface area contributed by atoms with Gasteiger partial charge in [0.15, 0.2) is 0 Å². The summed E-state index contributed by atoms with van der Waals surface area (Å²) in [5.41, 5.74) is 1.05. The van der Waals surface area contributed by atoms with Gasteiger partial charge in [-0.1, -0.05) is 24.3 Å². The smallest absolute Gasteiger partial charge is 0.233 e. The molecule has 1 saturated heterocycles. The maximum Gasteiger partial charge on any atom is 0.233 e. The Kier molecular flexibility index (Phi) is 1.23. The van der Waals surface area contributed by atoms with Crippen LogP contribution in [0.15, 0.2) is 24.3 Å². The number of imide groups is 1. The maximum absolute atomic E-state index is 11.8. The van der Waals surface area contributed by atoms with Gasteiger partial charge in [0.1, 0.15) is 0 Å². The molecule has 0 spiro atoms. The average Bonchev–Trinajstić information content (AvgIpc) is 2.74. The second-order valence-electron chi connectivity index (χ2n) is 4.30. The van der Waals surface area contributed by atoms with Crippen LogP contribution in [0.4, 0.5) is 0 Å². The lowest BCUT2D eigenvalue weighted by atomic mass is 9.85. The largest absolute Gasteiger partial charge is 0.285 e. The van der Waals surface area contributed by atoms with Crippen LogP contribution in [-0.2, 0) is 9.59 Å². The first-order valence-electron chi connectivity index (χ1n) is 4.81. The first-order chi connectivity index (χ1) is 6.63. The Labute approximate surface area is 82.1 Å². The number of nitrogens with zero attached hydrogens (tertiary/aromatic N) is 1. The number of likely N-dealkylation sites (tertiary alicyclic amines) is 1. The molecular weight excluding hydrogens is 178 g/mol. The molecule has 0 aromatic rings. The van der Waals surface area contributed by atoms with Gasteiger partial charge in [0.2, 0.25) is 11.8 Å². The summed E-state index contributed by atoms with van der Waals surface area (Å²) in [6.45, 7) is 3.97. The van der Waals surface area contributed by atoms with E-state index >= 15 is 0 Å². The van der Waals surface area contributed by atoms with Crippen LogP contribution >= 0.6 is 0 Å². The van der Waals surface area contributed by atoms with Crippen LogP contribution in [0.2, 0.25) is 0 Å². The summed E-state index contributed by atoms with van der Waals surface area (Å²) in [7, 11) is 1.57. The van der Waals surface area contributed by atoms with Crippen molar-refractivity contribution in [1.82, 2.24) is 4.90 Å². The number of hydrogen-bond acceptors (Lipinski definition) is 2. The molecule has 2 aliphatic carbocycles. The second kappa shape index (κ2) is 2.16. The van der Waals surface area contributed by atoms with Crippen molar-refractivity contribution in [2.75, 3.05) is 7.05 Å². The number of allylic oxidation sites excluding steroid dienone is 3. The van der Waals surface area contributed by atoms with Gasteiger partial charge in [0, 0.05) is 18.9 Å². The number of hydrogen-bond donors (Lipinski definition) is 0. The Bertz CT molecular complexity index is 362. The molecule has 2 amide bonds. The van der Waals surface area contributed by atoms with E-state index in [-0.39, 0.29) is 35.5 Å². The number of fused-ring (bicyclic) bond motifs is 5. The molecule has 4 atom stereocenters. The normalized spacial score (nSPS) is 44.1. The molecule has 3 nitrogen and oxygen atoms in total. The summed E-state index contributed by atoms with van der Waals surface area (Å²) in [5.74, 6) is -0.112. The van der Waals surface area contributed by atoms with Gasteiger partial charge in [-0.3, -0.25) is 14.5 Å². The highest BCUT2D eigenvalue weighted by atomic mass is 16.2. The zero-order valence-corrected chi connectivity index (χ0v) is 7.93. The monoisotopic (exact) mass is 189 g/mol. The van der Waals surface area contributed by atoms with E-state index in [1.54, 1.807) is 7.05 Å². The van der Waals surface area contributed by atoms with Gasteiger partial charge in [0.05, 0.1) is 11.8 Å². The van der Waals surface area contributed by atoms with Gasteiger partial charge in [-0.15, -0.1) is 0 Å². The van der Waals surface area contributed by atoms with Crippen molar-refractivity contribution in [1.29, 1.82) is 0 Å². The predicted octanol–water partition coefficient (Wildman–Crippen LogP) is 0.589. The lowest BCUT2D eigenvalue weighted by Gasteiger charge is -2.13. The Balaban J connectivity index is 2.12. The summed E-state index contributed by atoms with van der Waals surface area (Å²) in [6.07, 6.45) is 4.05. The van der Waals surface area contributed by atoms with Crippen LogP contribution < -0.4 is 0 Å². The molecule has 0 aromatic heterocycles. The third kappa shape index (κ3) is 0.626. The van der Waals surface area contributed by atoms with Gasteiger partial charge in [-0.2, -0.15) is 0 Å². The highest BCUT2D eigenvalue weighted by Gasteiger charge is 2.59. The minimum absolute atomic E-state index is 0.0296. The van der Waals surface area contributed by atoms with E-state index in [4.69, 9.17) is 0 Å². The molecule has 0 aromatic carbocycles. The highest BCUT2D eigenvalue weighted by molar-refractivity contribution is 6.06. The van der Waals surface area contributed by atoms with E-state index in [2.05, 4.69) is 6.58 Å². The molecule has 1 aliphatic heterocycles. The standard InChI is InChI=1S/C11H11NO2/c1-5-6-3-4-7(5)9-8(6)10(13)12(2)11(9)14/h3-4,6-9H,1H2,2H3. The maximum atomic E-state index is 11.8. The van der Waals surface area contributed by atoms with Gasteiger partial charge >= 0.3 is 0 Å². The third-order valence-electron chi connectivity index (χ3n) is 3.77. The van der Waals surface area contributed by atoms with Crippen LogP contribution in [-0.4, -0.2) is 23.8 Å². The van der Waals surface area contributed by atoms with Crippen LogP contribution in [0, 0.1) is 23.7 Å². The molecule has 3 aliphatic rings. The van der Waals surface area contributed by atoms with Crippen molar-refractivity contribution >= 4 is 11.8 Å². The molecule has 2 bridgehead atoms. The molecule has 1 saturated carbocycles. The summed E-state index contributed by atoms with van der Waals surface area (Å²) < 4.78 is 0. The van der Waals surface area contributed by atoms with E-state index in [0.29, 0.717) is 0 Å². The topological polar surface area (TPSA) is 37.4 Å². The molecule has 4 unspecified atom stereocenters. The molecule has 3 rings (SSSR count). The fourth-order valence-electron chi connectivity index (χ4n) is 3.03. The van der Waals surface area contributed by atoms with Crippen molar-refractivity contribution in [3.8, 4) is 0 Å².